The largest absolute Gasteiger partial charge is 0.491 e. The van der Waals surface area contributed by atoms with Gasteiger partial charge in [-0.25, -0.2) is 4.39 Å². The number of nitro benzene ring substituents is 1. The molecule has 14 heavy (non-hydrogen) atoms. The molecule has 0 aromatic heterocycles. The molecule has 0 spiro atoms. The molecule has 4 nitrogen and oxygen atoms in total. The summed E-state index contributed by atoms with van der Waals surface area (Å²) in [5, 5.41) is 10.4. The Morgan fingerprint density at radius 3 is 2.79 bits per heavy atom. The lowest BCUT2D eigenvalue weighted by molar-refractivity contribution is -0.385. The Morgan fingerprint density at radius 2 is 2.29 bits per heavy atom. The molecule has 1 aromatic rings. The lowest BCUT2D eigenvalue weighted by atomic mass is 10.3. The molecule has 0 radical (unpaired) electrons. The van der Waals surface area contributed by atoms with E-state index in [4.69, 9.17) is 4.74 Å². The van der Waals surface area contributed by atoms with Gasteiger partial charge in [0.1, 0.15) is 0 Å². The van der Waals surface area contributed by atoms with Crippen LogP contribution in [0.4, 0.5) is 10.1 Å². The average molecular weight is 264 g/mol. The van der Waals surface area contributed by atoms with Gasteiger partial charge in [0.15, 0.2) is 11.6 Å². The van der Waals surface area contributed by atoms with Gasteiger partial charge in [0.25, 0.3) is 5.69 Å². The van der Waals surface area contributed by atoms with Crippen LogP contribution in [0.5, 0.6) is 5.75 Å². The summed E-state index contributed by atoms with van der Waals surface area (Å²) in [7, 11) is 0. The lowest BCUT2D eigenvalue weighted by Gasteiger charge is -2.04. The third kappa shape index (κ3) is 2.20. The fourth-order valence-electron chi connectivity index (χ4n) is 0.924. The van der Waals surface area contributed by atoms with Crippen LogP contribution in [0, 0.1) is 15.9 Å². The van der Waals surface area contributed by atoms with E-state index in [0.29, 0.717) is 6.61 Å². The molecule has 0 bridgehead atoms. The van der Waals surface area contributed by atoms with Crippen molar-refractivity contribution < 1.29 is 14.1 Å². The Hall–Kier alpha value is -1.17. The zero-order valence-electron chi connectivity index (χ0n) is 7.29. The number of hydrogen-bond acceptors (Lipinski definition) is 3. The number of ether oxygens (including phenoxy) is 1. The molecule has 0 saturated heterocycles. The van der Waals surface area contributed by atoms with E-state index in [1.807, 2.05) is 0 Å². The number of nitrogens with zero attached hydrogens (tertiary/aromatic N) is 1. The number of benzene rings is 1. The molecule has 0 amide bonds. The highest BCUT2D eigenvalue weighted by Gasteiger charge is 2.16. The molecular weight excluding hydrogens is 257 g/mol. The van der Waals surface area contributed by atoms with E-state index in [-0.39, 0.29) is 15.9 Å². The summed E-state index contributed by atoms with van der Waals surface area (Å²) in [6, 6.07) is 2.08. The topological polar surface area (TPSA) is 52.4 Å². The van der Waals surface area contributed by atoms with Crippen LogP contribution in [-0.2, 0) is 0 Å². The Balaban J connectivity index is 3.17. The maximum Gasteiger partial charge on any atom is 0.286 e. The van der Waals surface area contributed by atoms with Crippen molar-refractivity contribution in [3.63, 3.8) is 0 Å². The first kappa shape index (κ1) is 10.9. The van der Waals surface area contributed by atoms with E-state index in [9.17, 15) is 14.5 Å². The highest BCUT2D eigenvalue weighted by atomic mass is 79.9. The van der Waals surface area contributed by atoms with Crippen molar-refractivity contribution in [2.45, 2.75) is 6.92 Å². The van der Waals surface area contributed by atoms with Gasteiger partial charge in [-0.1, -0.05) is 0 Å². The van der Waals surface area contributed by atoms with Crippen molar-refractivity contribution in [2.24, 2.45) is 0 Å². The molecule has 0 saturated carbocycles. The normalized spacial score (nSPS) is 9.93. The number of halogens is 2. The second-order valence-electron chi connectivity index (χ2n) is 2.42. The van der Waals surface area contributed by atoms with Crippen molar-refractivity contribution in [3.8, 4) is 5.75 Å². The van der Waals surface area contributed by atoms with Crippen LogP contribution in [0.25, 0.3) is 0 Å². The first-order valence-electron chi connectivity index (χ1n) is 3.82. The minimum atomic E-state index is -0.734. The fourth-order valence-corrected chi connectivity index (χ4v) is 1.39. The standard InChI is InChI=1S/C8H7BrFNO3/c1-2-14-8-3-5(9)7(11(12)13)4-6(8)10/h3-4H,2H2,1H3. The monoisotopic (exact) mass is 263 g/mol. The van der Waals surface area contributed by atoms with Crippen molar-refractivity contribution in [3.05, 3.63) is 32.5 Å². The maximum absolute atomic E-state index is 13.1. The summed E-state index contributed by atoms with van der Waals surface area (Å²) < 4.78 is 18.3. The molecule has 0 unspecified atom stereocenters. The minimum Gasteiger partial charge on any atom is -0.491 e. The van der Waals surface area contributed by atoms with Crippen LogP contribution in [-0.4, -0.2) is 11.5 Å². The van der Waals surface area contributed by atoms with Gasteiger partial charge in [0, 0.05) is 6.07 Å². The van der Waals surface area contributed by atoms with Gasteiger partial charge in [0.2, 0.25) is 0 Å². The van der Waals surface area contributed by atoms with E-state index >= 15 is 0 Å². The SMILES string of the molecule is CCOc1cc(Br)c([N+](=O)[O-])cc1F. The van der Waals surface area contributed by atoms with E-state index in [2.05, 4.69) is 15.9 Å². The molecule has 0 aliphatic carbocycles. The molecule has 76 valence electrons. The van der Waals surface area contributed by atoms with Crippen LogP contribution in [0.2, 0.25) is 0 Å². The summed E-state index contributed by atoms with van der Waals surface area (Å²) in [4.78, 5) is 9.75. The summed E-state index contributed by atoms with van der Waals surface area (Å²) in [6.45, 7) is 2.01. The zero-order valence-corrected chi connectivity index (χ0v) is 8.88. The molecule has 0 aliphatic heterocycles. The highest BCUT2D eigenvalue weighted by molar-refractivity contribution is 9.10. The lowest BCUT2D eigenvalue weighted by Crippen LogP contribution is -1.97. The van der Waals surface area contributed by atoms with Crippen molar-refractivity contribution in [2.75, 3.05) is 6.61 Å². The Labute approximate surface area is 88.0 Å². The average Bonchev–Trinajstić information content (AvgIpc) is 2.10. The highest BCUT2D eigenvalue weighted by Crippen LogP contribution is 2.31. The van der Waals surface area contributed by atoms with Gasteiger partial charge in [0.05, 0.1) is 22.1 Å². The van der Waals surface area contributed by atoms with Gasteiger partial charge in [-0.2, -0.15) is 0 Å². The first-order chi connectivity index (χ1) is 6.56. The smallest absolute Gasteiger partial charge is 0.286 e. The van der Waals surface area contributed by atoms with Crippen LogP contribution in [0.3, 0.4) is 0 Å². The van der Waals surface area contributed by atoms with Gasteiger partial charge < -0.3 is 4.74 Å². The molecule has 1 rings (SSSR count). The fraction of sp³-hybridized carbons (Fsp3) is 0.250. The molecule has 0 fully saturated rings. The van der Waals surface area contributed by atoms with Gasteiger partial charge in [-0.15, -0.1) is 0 Å². The van der Waals surface area contributed by atoms with Crippen molar-refractivity contribution >= 4 is 21.6 Å². The van der Waals surface area contributed by atoms with E-state index in [1.165, 1.54) is 6.07 Å². The Bertz CT molecular complexity index is 370. The first-order valence-corrected chi connectivity index (χ1v) is 4.61. The summed E-state index contributed by atoms with van der Waals surface area (Å²) >= 11 is 2.96. The third-order valence-electron chi connectivity index (χ3n) is 1.50. The number of nitro groups is 1. The van der Waals surface area contributed by atoms with Gasteiger partial charge >= 0.3 is 0 Å². The van der Waals surface area contributed by atoms with Crippen LogP contribution in [0.15, 0.2) is 16.6 Å². The van der Waals surface area contributed by atoms with E-state index in [1.54, 1.807) is 6.92 Å². The van der Waals surface area contributed by atoms with Gasteiger partial charge in [-0.05, 0) is 22.9 Å². The van der Waals surface area contributed by atoms with Crippen LogP contribution >= 0.6 is 15.9 Å². The van der Waals surface area contributed by atoms with Gasteiger partial charge in [-0.3, -0.25) is 10.1 Å². The van der Waals surface area contributed by atoms with Crippen LogP contribution in [0.1, 0.15) is 6.92 Å². The molecular formula is C8H7BrFNO3. The maximum atomic E-state index is 13.1. The zero-order chi connectivity index (χ0) is 10.7. The molecule has 6 heteroatoms. The second kappa shape index (κ2) is 4.36. The van der Waals surface area contributed by atoms with E-state index < -0.39 is 10.7 Å². The summed E-state index contributed by atoms with van der Waals surface area (Å²) in [6.07, 6.45) is 0. The number of hydrogen-bond donors (Lipinski definition) is 0. The van der Waals surface area contributed by atoms with Crippen molar-refractivity contribution in [1.82, 2.24) is 0 Å². The third-order valence-corrected chi connectivity index (χ3v) is 2.13. The molecule has 0 atom stereocenters. The molecule has 0 N–H and O–H groups in total. The molecule has 0 aliphatic rings. The second-order valence-corrected chi connectivity index (χ2v) is 3.28. The van der Waals surface area contributed by atoms with E-state index in [0.717, 1.165) is 6.07 Å². The van der Waals surface area contributed by atoms with Crippen molar-refractivity contribution in [1.29, 1.82) is 0 Å². The van der Waals surface area contributed by atoms with Crippen LogP contribution < -0.4 is 4.74 Å². The summed E-state index contributed by atoms with van der Waals surface area (Å²) in [5.41, 5.74) is -0.314. The Kier molecular flexibility index (Phi) is 3.40. The predicted octanol–water partition coefficient (Wildman–Crippen LogP) is 2.90. The minimum absolute atomic E-state index is 0.00461. The predicted molar refractivity (Wildman–Crippen MR) is 51.9 cm³/mol. The molecule has 1 aromatic carbocycles. The quantitative estimate of drug-likeness (QED) is 0.623. The summed E-state index contributed by atoms with van der Waals surface area (Å²) in [5.74, 6) is -0.730. The Morgan fingerprint density at radius 1 is 1.64 bits per heavy atom. The number of rotatable bonds is 3. The molecule has 0 heterocycles.